The molecule has 0 radical (unpaired) electrons. The number of sulfone groups is 1. The van der Waals surface area contributed by atoms with Gasteiger partial charge < -0.3 is 5.32 Å². The van der Waals surface area contributed by atoms with Gasteiger partial charge in [-0.05, 0) is 45.0 Å². The van der Waals surface area contributed by atoms with Crippen molar-refractivity contribution in [2.75, 3.05) is 13.1 Å². The summed E-state index contributed by atoms with van der Waals surface area (Å²) in [6.07, 6.45) is 1.44. The van der Waals surface area contributed by atoms with Crippen LogP contribution in [-0.2, 0) is 9.84 Å². The third-order valence-electron chi connectivity index (χ3n) is 3.07. The van der Waals surface area contributed by atoms with Crippen LogP contribution in [0, 0.1) is 6.92 Å². The lowest BCUT2D eigenvalue weighted by molar-refractivity contribution is 0.496. The Balaban J connectivity index is 0.00000144. The van der Waals surface area contributed by atoms with Crippen LogP contribution in [0.3, 0.4) is 0 Å². The molecule has 0 saturated carbocycles. The molecule has 0 aliphatic carbocycles. The molecule has 0 atom stereocenters. The van der Waals surface area contributed by atoms with Gasteiger partial charge in [-0.2, -0.15) is 0 Å². The molecule has 3 nitrogen and oxygen atoms in total. The van der Waals surface area contributed by atoms with Crippen LogP contribution in [-0.4, -0.2) is 26.8 Å². The van der Waals surface area contributed by atoms with E-state index in [-0.39, 0.29) is 17.7 Å². The molecule has 1 aliphatic rings. The van der Waals surface area contributed by atoms with E-state index in [9.17, 15) is 8.42 Å². The number of benzene rings is 1. The molecule has 0 amide bonds. The third kappa shape index (κ3) is 3.21. The van der Waals surface area contributed by atoms with E-state index in [1.165, 1.54) is 0 Å². The summed E-state index contributed by atoms with van der Waals surface area (Å²) < 4.78 is 24.5. The van der Waals surface area contributed by atoms with Crippen molar-refractivity contribution in [3.8, 4) is 0 Å². The van der Waals surface area contributed by atoms with Gasteiger partial charge in [0, 0.05) is 0 Å². The predicted molar refractivity (Wildman–Crippen MR) is 71.5 cm³/mol. The van der Waals surface area contributed by atoms with E-state index in [2.05, 4.69) is 5.32 Å². The molecule has 0 bridgehead atoms. The molecule has 5 heteroatoms. The Morgan fingerprint density at radius 2 is 1.65 bits per heavy atom. The van der Waals surface area contributed by atoms with Crippen LogP contribution in [0.5, 0.6) is 0 Å². The van der Waals surface area contributed by atoms with Crippen LogP contribution in [0.15, 0.2) is 29.2 Å². The van der Waals surface area contributed by atoms with Crippen molar-refractivity contribution >= 4 is 22.2 Å². The molecule has 1 aromatic carbocycles. The second-order valence-corrected chi connectivity index (χ2v) is 6.54. The fourth-order valence-electron chi connectivity index (χ4n) is 2.03. The van der Waals surface area contributed by atoms with Crippen molar-refractivity contribution in [3.63, 3.8) is 0 Å². The maximum Gasteiger partial charge on any atom is 0.181 e. The lowest BCUT2D eigenvalue weighted by atomic mass is 10.2. The number of hydrogen-bond donors (Lipinski definition) is 1. The monoisotopic (exact) mass is 275 g/mol. The summed E-state index contributed by atoms with van der Waals surface area (Å²) in [6.45, 7) is 3.56. The van der Waals surface area contributed by atoms with Crippen LogP contribution in [0.2, 0.25) is 0 Å². The molecule has 96 valence electrons. The van der Waals surface area contributed by atoms with Gasteiger partial charge in [0.25, 0.3) is 0 Å². The van der Waals surface area contributed by atoms with Gasteiger partial charge in [0.2, 0.25) is 0 Å². The Morgan fingerprint density at radius 1 is 1.12 bits per heavy atom. The third-order valence-corrected chi connectivity index (χ3v) is 5.35. The Kier molecular flexibility index (Phi) is 4.98. The molecule has 1 saturated heterocycles. The van der Waals surface area contributed by atoms with E-state index in [1.807, 2.05) is 19.1 Å². The van der Waals surface area contributed by atoms with Crippen molar-refractivity contribution in [1.29, 1.82) is 0 Å². The van der Waals surface area contributed by atoms with Gasteiger partial charge in [-0.3, -0.25) is 0 Å². The first-order valence-corrected chi connectivity index (χ1v) is 7.16. The summed E-state index contributed by atoms with van der Waals surface area (Å²) in [5.41, 5.74) is 1.09. The van der Waals surface area contributed by atoms with Crippen LogP contribution >= 0.6 is 12.4 Å². The molecular formula is C12H18ClNO2S. The Morgan fingerprint density at radius 3 is 2.18 bits per heavy atom. The SMILES string of the molecule is Cc1ccc(S(=O)(=O)C2CCNCC2)cc1.Cl. The van der Waals surface area contributed by atoms with Gasteiger partial charge in [-0.25, -0.2) is 8.42 Å². The van der Waals surface area contributed by atoms with Gasteiger partial charge >= 0.3 is 0 Å². The smallest absolute Gasteiger partial charge is 0.181 e. The quantitative estimate of drug-likeness (QED) is 0.897. The molecule has 17 heavy (non-hydrogen) atoms. The van der Waals surface area contributed by atoms with Crippen LogP contribution < -0.4 is 5.32 Å². The zero-order valence-corrected chi connectivity index (χ0v) is 11.5. The van der Waals surface area contributed by atoms with E-state index in [4.69, 9.17) is 0 Å². The Bertz CT molecular complexity index is 450. The minimum Gasteiger partial charge on any atom is -0.317 e. The molecule has 1 fully saturated rings. The summed E-state index contributed by atoms with van der Waals surface area (Å²) in [4.78, 5) is 0.463. The Labute approximate surface area is 109 Å². The van der Waals surface area contributed by atoms with Crippen molar-refractivity contribution in [3.05, 3.63) is 29.8 Å². The first kappa shape index (κ1) is 14.5. The number of halogens is 1. The summed E-state index contributed by atoms with van der Waals surface area (Å²) in [6, 6.07) is 7.14. The maximum absolute atomic E-state index is 12.3. The van der Waals surface area contributed by atoms with Gasteiger partial charge in [0.15, 0.2) is 9.84 Å². The largest absolute Gasteiger partial charge is 0.317 e. The predicted octanol–water partition coefficient (Wildman–Crippen LogP) is 1.94. The molecule has 0 unspecified atom stereocenters. The summed E-state index contributed by atoms with van der Waals surface area (Å²) >= 11 is 0. The highest BCUT2D eigenvalue weighted by Gasteiger charge is 2.28. The van der Waals surface area contributed by atoms with E-state index in [0.29, 0.717) is 4.90 Å². The molecule has 1 aliphatic heterocycles. The van der Waals surface area contributed by atoms with Crippen molar-refractivity contribution in [1.82, 2.24) is 5.32 Å². The average molecular weight is 276 g/mol. The van der Waals surface area contributed by atoms with Crippen molar-refractivity contribution in [2.45, 2.75) is 29.9 Å². The highest BCUT2D eigenvalue weighted by atomic mass is 35.5. The summed E-state index contributed by atoms with van der Waals surface area (Å²) in [5, 5.41) is 2.97. The van der Waals surface area contributed by atoms with Crippen molar-refractivity contribution < 1.29 is 8.42 Å². The fraction of sp³-hybridized carbons (Fsp3) is 0.500. The Hall–Kier alpha value is -0.580. The van der Waals surface area contributed by atoms with Gasteiger partial charge in [-0.1, -0.05) is 17.7 Å². The zero-order valence-electron chi connectivity index (χ0n) is 9.85. The van der Waals surface area contributed by atoms with E-state index in [0.717, 1.165) is 31.5 Å². The van der Waals surface area contributed by atoms with Crippen LogP contribution in [0.25, 0.3) is 0 Å². The first-order chi connectivity index (χ1) is 7.60. The highest BCUT2D eigenvalue weighted by molar-refractivity contribution is 7.92. The topological polar surface area (TPSA) is 46.2 Å². The normalized spacial score (nSPS) is 17.5. The number of hydrogen-bond acceptors (Lipinski definition) is 3. The average Bonchev–Trinajstić information content (AvgIpc) is 2.31. The van der Waals surface area contributed by atoms with Gasteiger partial charge in [0.05, 0.1) is 10.1 Å². The minimum absolute atomic E-state index is 0. The van der Waals surface area contributed by atoms with Crippen LogP contribution in [0.1, 0.15) is 18.4 Å². The van der Waals surface area contributed by atoms with E-state index < -0.39 is 9.84 Å². The molecule has 0 aromatic heterocycles. The molecule has 0 spiro atoms. The van der Waals surface area contributed by atoms with Gasteiger partial charge in [-0.15, -0.1) is 12.4 Å². The number of piperidine rings is 1. The van der Waals surface area contributed by atoms with E-state index in [1.54, 1.807) is 12.1 Å². The minimum atomic E-state index is -3.12. The lowest BCUT2D eigenvalue weighted by Crippen LogP contribution is -2.35. The van der Waals surface area contributed by atoms with E-state index >= 15 is 0 Å². The maximum atomic E-state index is 12.3. The highest BCUT2D eigenvalue weighted by Crippen LogP contribution is 2.22. The number of rotatable bonds is 2. The fourth-order valence-corrected chi connectivity index (χ4v) is 3.78. The number of nitrogens with one attached hydrogen (secondary N) is 1. The van der Waals surface area contributed by atoms with Gasteiger partial charge in [0.1, 0.15) is 0 Å². The standard InChI is InChI=1S/C12H17NO2S.ClH/c1-10-2-4-11(5-3-10)16(14,15)12-6-8-13-9-7-12;/h2-5,12-13H,6-9H2,1H3;1H. The second kappa shape index (κ2) is 5.85. The zero-order chi connectivity index (χ0) is 11.6. The molecule has 1 N–H and O–H groups in total. The second-order valence-electron chi connectivity index (χ2n) is 4.31. The molecular weight excluding hydrogens is 258 g/mol. The lowest BCUT2D eigenvalue weighted by Gasteiger charge is -2.22. The molecule has 2 rings (SSSR count). The molecule has 1 heterocycles. The molecule has 1 aromatic rings. The number of aryl methyl sites for hydroxylation is 1. The summed E-state index contributed by atoms with van der Waals surface area (Å²) in [5.74, 6) is 0. The first-order valence-electron chi connectivity index (χ1n) is 5.62. The van der Waals surface area contributed by atoms with Crippen LogP contribution in [0.4, 0.5) is 0 Å². The summed E-state index contributed by atoms with van der Waals surface area (Å²) in [7, 11) is -3.12. The van der Waals surface area contributed by atoms with Crippen molar-refractivity contribution in [2.24, 2.45) is 0 Å².